The maximum absolute atomic E-state index is 13.3. The minimum absolute atomic E-state index is 0.137. The van der Waals surface area contributed by atoms with Gasteiger partial charge in [0.1, 0.15) is 5.82 Å². The SMILES string of the molecule is CCCc1c(=O)n(-c2ccccc2Cl)n2ccc(Nc3cc(C(=O)NC)ccc3C)nc12. The second kappa shape index (κ2) is 8.88. The lowest BCUT2D eigenvalue weighted by molar-refractivity contribution is 0.0963. The van der Waals surface area contributed by atoms with Gasteiger partial charge in [-0.15, -0.1) is 0 Å². The Kier molecular flexibility index (Phi) is 6.01. The van der Waals surface area contributed by atoms with Gasteiger partial charge in [-0.05, 0) is 49.2 Å². The molecule has 2 N–H and O–H groups in total. The average Bonchev–Trinajstić information content (AvgIpc) is 3.06. The molecule has 0 spiro atoms. The molecule has 0 aliphatic rings. The topological polar surface area (TPSA) is 80.4 Å². The molecule has 0 aliphatic heterocycles. The Hall–Kier alpha value is -3.58. The molecular weight excluding hydrogens is 426 g/mol. The highest BCUT2D eigenvalue weighted by atomic mass is 35.5. The molecule has 8 heteroatoms. The summed E-state index contributed by atoms with van der Waals surface area (Å²) in [5.41, 5.74) is 3.96. The molecule has 0 saturated carbocycles. The molecule has 0 aliphatic carbocycles. The van der Waals surface area contributed by atoms with Gasteiger partial charge >= 0.3 is 0 Å². The van der Waals surface area contributed by atoms with Crippen LogP contribution in [-0.2, 0) is 6.42 Å². The van der Waals surface area contributed by atoms with E-state index in [1.165, 1.54) is 0 Å². The predicted molar refractivity (Wildman–Crippen MR) is 128 cm³/mol. The van der Waals surface area contributed by atoms with Crippen molar-refractivity contribution in [1.82, 2.24) is 19.5 Å². The zero-order valence-corrected chi connectivity index (χ0v) is 18.9. The van der Waals surface area contributed by atoms with Crippen molar-refractivity contribution in [1.29, 1.82) is 0 Å². The normalized spacial score (nSPS) is 11.0. The number of amides is 1. The fourth-order valence-corrected chi connectivity index (χ4v) is 3.89. The maximum Gasteiger partial charge on any atom is 0.277 e. The Morgan fingerprint density at radius 1 is 1.16 bits per heavy atom. The zero-order valence-electron chi connectivity index (χ0n) is 18.1. The monoisotopic (exact) mass is 449 g/mol. The van der Waals surface area contributed by atoms with Crippen LogP contribution in [0.15, 0.2) is 59.5 Å². The summed E-state index contributed by atoms with van der Waals surface area (Å²) in [6, 6.07) is 14.5. The second-order valence-electron chi connectivity index (χ2n) is 7.51. The highest BCUT2D eigenvalue weighted by Crippen LogP contribution is 2.24. The first-order valence-corrected chi connectivity index (χ1v) is 10.8. The fourth-order valence-electron chi connectivity index (χ4n) is 3.67. The van der Waals surface area contributed by atoms with Gasteiger partial charge in [0.05, 0.1) is 16.3 Å². The van der Waals surface area contributed by atoms with Crippen LogP contribution in [0.3, 0.4) is 0 Å². The van der Waals surface area contributed by atoms with Gasteiger partial charge in [0, 0.05) is 24.5 Å². The first-order chi connectivity index (χ1) is 15.4. The molecule has 4 rings (SSSR count). The Balaban J connectivity index is 1.83. The van der Waals surface area contributed by atoms with E-state index >= 15 is 0 Å². The number of nitrogens with zero attached hydrogens (tertiary/aromatic N) is 3. The highest BCUT2D eigenvalue weighted by molar-refractivity contribution is 6.32. The molecule has 7 nitrogen and oxygen atoms in total. The molecule has 164 valence electrons. The van der Waals surface area contributed by atoms with Gasteiger partial charge in [0.2, 0.25) is 0 Å². The molecular formula is C24H24ClN5O2. The van der Waals surface area contributed by atoms with Crippen molar-refractivity contribution in [3.8, 4) is 5.69 Å². The van der Waals surface area contributed by atoms with Gasteiger partial charge in [-0.1, -0.05) is 43.1 Å². The summed E-state index contributed by atoms with van der Waals surface area (Å²) >= 11 is 6.39. The number of anilines is 2. The molecule has 2 aromatic carbocycles. The fraction of sp³-hybridized carbons (Fsp3) is 0.208. The van der Waals surface area contributed by atoms with Gasteiger partial charge < -0.3 is 10.6 Å². The van der Waals surface area contributed by atoms with Crippen LogP contribution in [0.5, 0.6) is 0 Å². The molecule has 0 fully saturated rings. The van der Waals surface area contributed by atoms with Crippen LogP contribution in [0.25, 0.3) is 11.3 Å². The number of rotatable bonds is 6. The second-order valence-corrected chi connectivity index (χ2v) is 7.92. The number of hydrogen-bond donors (Lipinski definition) is 2. The Morgan fingerprint density at radius 3 is 2.66 bits per heavy atom. The minimum atomic E-state index is -0.162. The molecule has 0 bridgehead atoms. The standard InChI is InChI=1S/C24H24ClN5O2/c1-4-7-17-22-28-21(27-19-14-16(23(31)26-3)11-10-15(19)2)12-13-29(22)30(24(17)32)20-9-6-5-8-18(20)25/h5-6,8-14H,4,7H2,1-3H3,(H,26,31)(H,27,28). The molecule has 32 heavy (non-hydrogen) atoms. The number of carbonyl (C=O) groups is 1. The van der Waals surface area contributed by atoms with Crippen molar-refractivity contribution in [2.45, 2.75) is 26.7 Å². The summed E-state index contributed by atoms with van der Waals surface area (Å²) in [6.45, 7) is 3.98. The van der Waals surface area contributed by atoms with Crippen LogP contribution >= 0.6 is 11.6 Å². The lowest BCUT2D eigenvalue weighted by Gasteiger charge is -2.12. The summed E-state index contributed by atoms with van der Waals surface area (Å²) in [6.07, 6.45) is 3.21. The van der Waals surface area contributed by atoms with Crippen LogP contribution in [0.2, 0.25) is 5.02 Å². The summed E-state index contributed by atoms with van der Waals surface area (Å²) < 4.78 is 3.28. The van der Waals surface area contributed by atoms with Crippen LogP contribution in [0.4, 0.5) is 11.5 Å². The van der Waals surface area contributed by atoms with Crippen molar-refractivity contribution in [3.05, 3.63) is 86.8 Å². The van der Waals surface area contributed by atoms with E-state index < -0.39 is 0 Å². The molecule has 0 atom stereocenters. The number of carbonyl (C=O) groups excluding carboxylic acids is 1. The highest BCUT2D eigenvalue weighted by Gasteiger charge is 2.18. The summed E-state index contributed by atoms with van der Waals surface area (Å²) in [4.78, 5) is 30.1. The Labute approximate surface area is 190 Å². The van der Waals surface area contributed by atoms with Crippen molar-refractivity contribution in [2.24, 2.45) is 0 Å². The first-order valence-electron chi connectivity index (χ1n) is 10.4. The number of halogens is 1. The van der Waals surface area contributed by atoms with Crippen LogP contribution in [-0.4, -0.2) is 27.1 Å². The molecule has 4 aromatic rings. The largest absolute Gasteiger partial charge is 0.355 e. The number of aromatic nitrogens is 3. The van der Waals surface area contributed by atoms with E-state index in [1.54, 1.807) is 46.7 Å². The number of nitrogens with one attached hydrogen (secondary N) is 2. The van der Waals surface area contributed by atoms with Crippen molar-refractivity contribution < 1.29 is 4.79 Å². The smallest absolute Gasteiger partial charge is 0.277 e. The summed E-state index contributed by atoms with van der Waals surface area (Å²) in [5, 5.41) is 6.41. The van der Waals surface area contributed by atoms with Crippen molar-refractivity contribution >= 4 is 34.7 Å². The quantitative estimate of drug-likeness (QED) is 0.454. The number of fused-ring (bicyclic) bond motifs is 1. The molecule has 2 heterocycles. The van der Waals surface area contributed by atoms with Gasteiger partial charge in [-0.2, -0.15) is 0 Å². The van der Waals surface area contributed by atoms with Gasteiger partial charge in [0.25, 0.3) is 11.5 Å². The van der Waals surface area contributed by atoms with Crippen LogP contribution in [0.1, 0.15) is 34.8 Å². The summed E-state index contributed by atoms with van der Waals surface area (Å²) in [5.74, 6) is 0.417. The number of aryl methyl sites for hydroxylation is 2. The number of benzene rings is 2. The van der Waals surface area contributed by atoms with E-state index in [9.17, 15) is 9.59 Å². The van der Waals surface area contributed by atoms with E-state index in [0.717, 1.165) is 17.7 Å². The molecule has 0 radical (unpaired) electrons. The summed E-state index contributed by atoms with van der Waals surface area (Å²) in [7, 11) is 1.60. The third-order valence-electron chi connectivity index (χ3n) is 5.32. The average molecular weight is 450 g/mol. The number of hydrogen-bond acceptors (Lipinski definition) is 4. The van der Waals surface area contributed by atoms with E-state index in [-0.39, 0.29) is 11.5 Å². The Bertz CT molecular complexity index is 1370. The predicted octanol–water partition coefficient (Wildman–Crippen LogP) is 4.50. The zero-order chi connectivity index (χ0) is 22.8. The Morgan fingerprint density at radius 2 is 1.94 bits per heavy atom. The van der Waals surface area contributed by atoms with Gasteiger partial charge in [-0.3, -0.25) is 9.59 Å². The van der Waals surface area contributed by atoms with Crippen molar-refractivity contribution in [3.63, 3.8) is 0 Å². The maximum atomic E-state index is 13.3. The van der Waals surface area contributed by atoms with E-state index in [2.05, 4.69) is 10.6 Å². The first kappa shape index (κ1) is 21.6. The third-order valence-corrected chi connectivity index (χ3v) is 5.64. The lowest BCUT2D eigenvalue weighted by Crippen LogP contribution is -2.19. The van der Waals surface area contributed by atoms with E-state index in [0.29, 0.717) is 39.7 Å². The van der Waals surface area contributed by atoms with Gasteiger partial charge in [-0.25, -0.2) is 14.2 Å². The van der Waals surface area contributed by atoms with Crippen LogP contribution in [0, 0.1) is 6.92 Å². The third kappa shape index (κ3) is 3.87. The number of para-hydroxylation sites is 1. The minimum Gasteiger partial charge on any atom is -0.355 e. The van der Waals surface area contributed by atoms with Crippen molar-refractivity contribution in [2.75, 3.05) is 12.4 Å². The van der Waals surface area contributed by atoms with E-state index in [4.69, 9.17) is 16.6 Å². The van der Waals surface area contributed by atoms with Crippen LogP contribution < -0.4 is 16.2 Å². The molecule has 2 aromatic heterocycles. The molecule has 0 unspecified atom stereocenters. The molecule has 0 saturated heterocycles. The lowest BCUT2D eigenvalue weighted by atomic mass is 10.1. The van der Waals surface area contributed by atoms with Gasteiger partial charge in [0.15, 0.2) is 5.65 Å². The molecule has 1 amide bonds. The van der Waals surface area contributed by atoms with E-state index in [1.807, 2.05) is 38.1 Å².